The van der Waals surface area contributed by atoms with Crippen molar-refractivity contribution in [3.05, 3.63) is 54.5 Å². The number of aromatic nitrogens is 3. The van der Waals surface area contributed by atoms with Crippen molar-refractivity contribution in [1.29, 1.82) is 0 Å². The highest BCUT2D eigenvalue weighted by molar-refractivity contribution is 5.80. The molecule has 0 aliphatic rings. The van der Waals surface area contributed by atoms with E-state index in [9.17, 15) is 9.90 Å². The Hall–Kier alpha value is -2.60. The summed E-state index contributed by atoms with van der Waals surface area (Å²) in [6.45, 7) is 2.43. The van der Waals surface area contributed by atoms with Crippen molar-refractivity contribution in [3.8, 4) is 0 Å². The first kappa shape index (κ1) is 16.3. The fraction of sp³-hybridized carbons (Fsp3) is 0.333. The van der Waals surface area contributed by atoms with Crippen LogP contribution >= 0.6 is 0 Å². The molecule has 0 aliphatic carbocycles. The summed E-state index contributed by atoms with van der Waals surface area (Å²) in [6.07, 6.45) is 5.71. The lowest BCUT2D eigenvalue weighted by Crippen LogP contribution is -2.38. The first-order chi connectivity index (χ1) is 11.5. The summed E-state index contributed by atoms with van der Waals surface area (Å²) in [5.41, 5.74) is 0.665. The number of aryl methyl sites for hydroxylation is 2. The molecule has 1 atom stereocenters. The fourth-order valence-electron chi connectivity index (χ4n) is 2.72. The lowest BCUT2D eigenvalue weighted by Gasteiger charge is -2.22. The van der Waals surface area contributed by atoms with E-state index < -0.39 is 5.60 Å². The van der Waals surface area contributed by atoms with Gasteiger partial charge in [-0.2, -0.15) is 5.10 Å². The highest BCUT2D eigenvalue weighted by Gasteiger charge is 2.25. The highest BCUT2D eigenvalue weighted by Crippen LogP contribution is 2.19. The van der Waals surface area contributed by atoms with E-state index in [2.05, 4.69) is 21.0 Å². The molecule has 126 valence electrons. The van der Waals surface area contributed by atoms with Crippen LogP contribution in [0.2, 0.25) is 0 Å². The van der Waals surface area contributed by atoms with Gasteiger partial charge in [-0.05, 0) is 24.4 Å². The number of rotatable bonds is 6. The number of nitrogens with one attached hydrogen (secondary N) is 1. The Bertz CT molecular complexity index is 847. The third-order valence-corrected chi connectivity index (χ3v) is 4.22. The topological polar surface area (TPSA) is 72.1 Å². The standard InChI is InChI=1S/C18H22N4O2/c1-18(24,15-11-20-21(2)12-15)13-19-17(23)8-10-22-9-7-14-5-3-4-6-16(14)22/h3-7,9,11-12,24H,8,10,13H2,1-2H3,(H,19,23). The number of carbonyl (C=O) groups is 1. The van der Waals surface area contributed by atoms with Crippen molar-refractivity contribution in [2.45, 2.75) is 25.5 Å². The van der Waals surface area contributed by atoms with Crippen LogP contribution in [0.5, 0.6) is 0 Å². The van der Waals surface area contributed by atoms with Crippen molar-refractivity contribution in [2.24, 2.45) is 7.05 Å². The number of aliphatic hydroxyl groups is 1. The molecule has 0 saturated carbocycles. The van der Waals surface area contributed by atoms with Crippen LogP contribution in [-0.4, -0.2) is 31.9 Å². The zero-order valence-corrected chi connectivity index (χ0v) is 13.9. The number of carbonyl (C=O) groups excluding carboxylic acids is 1. The zero-order valence-electron chi connectivity index (χ0n) is 13.9. The number of hydrogen-bond acceptors (Lipinski definition) is 3. The summed E-state index contributed by atoms with van der Waals surface area (Å²) in [5, 5.41) is 18.5. The molecule has 24 heavy (non-hydrogen) atoms. The van der Waals surface area contributed by atoms with Crippen LogP contribution < -0.4 is 5.32 Å². The molecule has 1 amide bonds. The van der Waals surface area contributed by atoms with Gasteiger partial charge in [0.05, 0.1) is 12.7 Å². The molecular formula is C18H22N4O2. The second-order valence-corrected chi connectivity index (χ2v) is 6.27. The SMILES string of the molecule is Cn1cc(C(C)(O)CNC(=O)CCn2ccc3ccccc32)cn1. The van der Waals surface area contributed by atoms with Gasteiger partial charge in [0.2, 0.25) is 5.91 Å². The molecule has 6 nitrogen and oxygen atoms in total. The van der Waals surface area contributed by atoms with Crippen LogP contribution in [0.1, 0.15) is 18.9 Å². The lowest BCUT2D eigenvalue weighted by atomic mass is 10.00. The van der Waals surface area contributed by atoms with Crippen molar-refractivity contribution in [1.82, 2.24) is 19.7 Å². The molecule has 1 unspecified atom stereocenters. The van der Waals surface area contributed by atoms with E-state index in [1.807, 2.05) is 30.5 Å². The van der Waals surface area contributed by atoms with Crippen molar-refractivity contribution in [3.63, 3.8) is 0 Å². The second-order valence-electron chi connectivity index (χ2n) is 6.27. The average Bonchev–Trinajstić information content (AvgIpc) is 3.18. The van der Waals surface area contributed by atoms with Gasteiger partial charge in [-0.3, -0.25) is 9.48 Å². The van der Waals surface area contributed by atoms with Crippen molar-refractivity contribution < 1.29 is 9.90 Å². The Morgan fingerprint density at radius 3 is 2.88 bits per heavy atom. The van der Waals surface area contributed by atoms with Crippen LogP contribution in [0.3, 0.4) is 0 Å². The molecule has 0 fully saturated rings. The summed E-state index contributed by atoms with van der Waals surface area (Å²) in [7, 11) is 1.79. The minimum Gasteiger partial charge on any atom is -0.383 e. The minimum absolute atomic E-state index is 0.0862. The van der Waals surface area contributed by atoms with Gasteiger partial charge < -0.3 is 15.0 Å². The second kappa shape index (κ2) is 6.49. The predicted octanol–water partition coefficient (Wildman–Crippen LogP) is 1.79. The molecule has 3 rings (SSSR count). The van der Waals surface area contributed by atoms with Crippen LogP contribution in [0.4, 0.5) is 0 Å². The molecule has 1 aromatic carbocycles. The minimum atomic E-state index is -1.13. The Balaban J connectivity index is 1.54. The van der Waals surface area contributed by atoms with E-state index in [0.717, 1.165) is 10.9 Å². The van der Waals surface area contributed by atoms with Gasteiger partial charge in [0.25, 0.3) is 0 Å². The number of fused-ring (bicyclic) bond motifs is 1. The van der Waals surface area contributed by atoms with Crippen LogP contribution in [-0.2, 0) is 24.0 Å². The smallest absolute Gasteiger partial charge is 0.221 e. The molecular weight excluding hydrogens is 304 g/mol. The maximum Gasteiger partial charge on any atom is 0.221 e. The average molecular weight is 326 g/mol. The first-order valence-electron chi connectivity index (χ1n) is 7.98. The number of benzene rings is 1. The Kier molecular flexibility index (Phi) is 4.40. The molecule has 0 radical (unpaired) electrons. The van der Waals surface area contributed by atoms with Crippen molar-refractivity contribution in [2.75, 3.05) is 6.54 Å². The van der Waals surface area contributed by atoms with E-state index in [1.54, 1.807) is 31.0 Å². The molecule has 3 aromatic rings. The zero-order chi connectivity index (χ0) is 17.2. The van der Waals surface area contributed by atoms with Gasteiger partial charge in [-0.1, -0.05) is 18.2 Å². The summed E-state index contributed by atoms with van der Waals surface area (Å²) in [5.74, 6) is -0.0862. The summed E-state index contributed by atoms with van der Waals surface area (Å²) in [4.78, 5) is 12.1. The largest absolute Gasteiger partial charge is 0.383 e. The number of amides is 1. The van der Waals surface area contributed by atoms with Gasteiger partial charge in [0, 0.05) is 43.5 Å². The van der Waals surface area contributed by atoms with E-state index in [-0.39, 0.29) is 12.5 Å². The normalized spacial score (nSPS) is 13.8. The predicted molar refractivity (Wildman–Crippen MR) is 92.3 cm³/mol. The number of nitrogens with zero attached hydrogens (tertiary/aromatic N) is 3. The highest BCUT2D eigenvalue weighted by atomic mass is 16.3. The molecule has 2 aromatic heterocycles. The molecule has 2 heterocycles. The lowest BCUT2D eigenvalue weighted by molar-refractivity contribution is -0.122. The van der Waals surface area contributed by atoms with Gasteiger partial charge in [-0.15, -0.1) is 0 Å². The van der Waals surface area contributed by atoms with Crippen LogP contribution in [0.25, 0.3) is 10.9 Å². The van der Waals surface area contributed by atoms with E-state index in [4.69, 9.17) is 0 Å². The number of hydrogen-bond donors (Lipinski definition) is 2. The number of para-hydroxylation sites is 1. The van der Waals surface area contributed by atoms with Crippen LogP contribution in [0.15, 0.2) is 48.9 Å². The third kappa shape index (κ3) is 3.49. The Labute approximate surface area is 140 Å². The Morgan fingerprint density at radius 2 is 2.12 bits per heavy atom. The maximum absolute atomic E-state index is 12.1. The molecule has 0 bridgehead atoms. The quantitative estimate of drug-likeness (QED) is 0.725. The molecule has 2 N–H and O–H groups in total. The van der Waals surface area contributed by atoms with Gasteiger partial charge in [-0.25, -0.2) is 0 Å². The summed E-state index contributed by atoms with van der Waals surface area (Å²) >= 11 is 0. The third-order valence-electron chi connectivity index (χ3n) is 4.22. The van der Waals surface area contributed by atoms with E-state index in [1.165, 1.54) is 0 Å². The monoisotopic (exact) mass is 326 g/mol. The fourth-order valence-corrected chi connectivity index (χ4v) is 2.72. The molecule has 0 saturated heterocycles. The Morgan fingerprint density at radius 1 is 1.33 bits per heavy atom. The van der Waals surface area contributed by atoms with E-state index >= 15 is 0 Å². The molecule has 6 heteroatoms. The summed E-state index contributed by atoms with van der Waals surface area (Å²) < 4.78 is 3.69. The van der Waals surface area contributed by atoms with Crippen LogP contribution in [0, 0.1) is 0 Å². The van der Waals surface area contributed by atoms with Gasteiger partial charge in [0.15, 0.2) is 0 Å². The van der Waals surface area contributed by atoms with Crippen molar-refractivity contribution >= 4 is 16.8 Å². The van der Waals surface area contributed by atoms with Gasteiger partial charge in [0.1, 0.15) is 5.60 Å². The first-order valence-corrected chi connectivity index (χ1v) is 7.98. The van der Waals surface area contributed by atoms with Gasteiger partial charge >= 0.3 is 0 Å². The van der Waals surface area contributed by atoms with E-state index in [0.29, 0.717) is 18.5 Å². The summed E-state index contributed by atoms with van der Waals surface area (Å²) in [6, 6.07) is 10.1. The molecule has 0 spiro atoms. The molecule has 0 aliphatic heterocycles. The maximum atomic E-state index is 12.1.